The molecule has 0 radical (unpaired) electrons. The van der Waals surface area contributed by atoms with E-state index < -0.39 is 24.1 Å². The Morgan fingerprint density at radius 2 is 2.23 bits per heavy atom. The predicted molar refractivity (Wildman–Crippen MR) is 43.8 cm³/mol. The Balaban J connectivity index is 2.87. The largest absolute Gasteiger partial charge is 0.394 e. The molecule has 1 aromatic rings. The number of halogens is 1. The van der Waals surface area contributed by atoms with Crippen molar-refractivity contribution in [1.29, 1.82) is 0 Å². The van der Waals surface area contributed by atoms with Crippen LogP contribution in [0.2, 0.25) is 0 Å². The van der Waals surface area contributed by atoms with Gasteiger partial charge in [-0.15, -0.1) is 0 Å². The maximum atomic E-state index is 12.6. The van der Waals surface area contributed by atoms with Gasteiger partial charge < -0.3 is 14.8 Å². The summed E-state index contributed by atoms with van der Waals surface area (Å²) in [5.41, 5.74) is -0.408. The summed E-state index contributed by atoms with van der Waals surface area (Å²) < 4.78 is 13.6. The number of rotatable bonds is 3. The summed E-state index contributed by atoms with van der Waals surface area (Å²) in [5, 5.41) is 17.5. The van der Waals surface area contributed by atoms with Gasteiger partial charge in [0.2, 0.25) is 0 Å². The molecule has 4 nitrogen and oxygen atoms in total. The molecule has 1 heterocycles. The van der Waals surface area contributed by atoms with Crippen LogP contribution in [0, 0.1) is 5.82 Å². The summed E-state index contributed by atoms with van der Waals surface area (Å²) in [7, 11) is 0. The highest BCUT2D eigenvalue weighted by atomic mass is 19.1. The second-order valence-corrected chi connectivity index (χ2v) is 2.67. The van der Waals surface area contributed by atoms with E-state index in [0.29, 0.717) is 0 Å². The van der Waals surface area contributed by atoms with Crippen molar-refractivity contribution < 1.29 is 14.6 Å². The van der Waals surface area contributed by atoms with Gasteiger partial charge >= 0.3 is 0 Å². The average Bonchev–Trinajstić information content (AvgIpc) is 2.11. The summed E-state index contributed by atoms with van der Waals surface area (Å²) in [5.74, 6) is -0.551. The van der Waals surface area contributed by atoms with E-state index in [1.807, 2.05) is 0 Å². The third-order valence-corrected chi connectivity index (χ3v) is 1.57. The fraction of sp³-hybridized carbons (Fsp3) is 0.375. The quantitative estimate of drug-likeness (QED) is 0.660. The van der Waals surface area contributed by atoms with E-state index in [-0.39, 0.29) is 6.54 Å². The second-order valence-electron chi connectivity index (χ2n) is 2.67. The van der Waals surface area contributed by atoms with Crippen LogP contribution in [0.4, 0.5) is 4.39 Å². The third-order valence-electron chi connectivity index (χ3n) is 1.57. The molecular formula is C8H10FNO3. The van der Waals surface area contributed by atoms with Crippen molar-refractivity contribution in [1.82, 2.24) is 4.57 Å². The molecular weight excluding hydrogens is 177 g/mol. The van der Waals surface area contributed by atoms with E-state index in [4.69, 9.17) is 10.2 Å². The fourth-order valence-corrected chi connectivity index (χ4v) is 0.930. The lowest BCUT2D eigenvalue weighted by molar-refractivity contribution is 0.0801. The van der Waals surface area contributed by atoms with Crippen LogP contribution in [0.25, 0.3) is 0 Å². The van der Waals surface area contributed by atoms with E-state index in [1.54, 1.807) is 0 Å². The first-order valence-electron chi connectivity index (χ1n) is 3.78. The van der Waals surface area contributed by atoms with Crippen LogP contribution in [0.3, 0.4) is 0 Å². The number of pyridine rings is 1. The number of aromatic nitrogens is 1. The van der Waals surface area contributed by atoms with Crippen molar-refractivity contribution in [3.8, 4) is 0 Å². The topological polar surface area (TPSA) is 62.5 Å². The first-order valence-corrected chi connectivity index (χ1v) is 3.78. The molecule has 13 heavy (non-hydrogen) atoms. The molecule has 2 N–H and O–H groups in total. The third kappa shape index (κ3) is 2.64. The lowest BCUT2D eigenvalue weighted by Gasteiger charge is -2.08. The highest BCUT2D eigenvalue weighted by molar-refractivity contribution is 4.96. The molecule has 0 fully saturated rings. The zero-order valence-corrected chi connectivity index (χ0v) is 6.85. The molecule has 1 unspecified atom stereocenters. The van der Waals surface area contributed by atoms with Crippen LogP contribution >= 0.6 is 0 Å². The van der Waals surface area contributed by atoms with E-state index in [0.717, 1.165) is 22.9 Å². The van der Waals surface area contributed by atoms with Crippen molar-refractivity contribution in [3.63, 3.8) is 0 Å². The Hall–Kier alpha value is -1.20. The summed E-state index contributed by atoms with van der Waals surface area (Å²) in [6.45, 7) is -0.559. The second kappa shape index (κ2) is 4.15. The Labute approximate surface area is 73.9 Å². The lowest BCUT2D eigenvalue weighted by Crippen LogP contribution is -2.27. The maximum absolute atomic E-state index is 12.6. The van der Waals surface area contributed by atoms with Gasteiger partial charge in [0.1, 0.15) is 5.82 Å². The minimum absolute atomic E-state index is 0.104. The Morgan fingerprint density at radius 3 is 2.85 bits per heavy atom. The van der Waals surface area contributed by atoms with Crippen LogP contribution in [-0.2, 0) is 6.54 Å². The van der Waals surface area contributed by atoms with Gasteiger partial charge in [-0.3, -0.25) is 4.79 Å². The fourth-order valence-electron chi connectivity index (χ4n) is 0.930. The van der Waals surface area contributed by atoms with Crippen LogP contribution < -0.4 is 5.56 Å². The monoisotopic (exact) mass is 187 g/mol. The van der Waals surface area contributed by atoms with Crippen LogP contribution in [0.5, 0.6) is 0 Å². The minimum Gasteiger partial charge on any atom is -0.394 e. The van der Waals surface area contributed by atoms with Gasteiger partial charge in [-0.25, -0.2) is 4.39 Å². The van der Waals surface area contributed by atoms with Gasteiger partial charge in [0, 0.05) is 12.3 Å². The van der Waals surface area contributed by atoms with Crippen LogP contribution in [0.15, 0.2) is 23.1 Å². The van der Waals surface area contributed by atoms with Crippen molar-refractivity contribution in [2.75, 3.05) is 6.61 Å². The first kappa shape index (κ1) is 9.88. The zero-order chi connectivity index (χ0) is 9.84. The summed E-state index contributed by atoms with van der Waals surface area (Å²) >= 11 is 0. The molecule has 0 amide bonds. The molecule has 0 bridgehead atoms. The normalized spacial score (nSPS) is 12.8. The number of aliphatic hydroxyl groups excluding tert-OH is 2. The highest BCUT2D eigenvalue weighted by Crippen LogP contribution is 1.93. The van der Waals surface area contributed by atoms with E-state index in [9.17, 15) is 9.18 Å². The maximum Gasteiger partial charge on any atom is 0.250 e. The molecule has 0 saturated carbocycles. The summed E-state index contributed by atoms with van der Waals surface area (Å²) in [6.07, 6.45) is -0.0548. The molecule has 0 aliphatic heterocycles. The molecule has 0 aliphatic rings. The van der Waals surface area contributed by atoms with E-state index in [1.165, 1.54) is 0 Å². The molecule has 1 atom stereocenters. The van der Waals surface area contributed by atoms with Crippen molar-refractivity contribution >= 4 is 0 Å². The molecule has 0 spiro atoms. The van der Waals surface area contributed by atoms with Crippen molar-refractivity contribution in [3.05, 3.63) is 34.5 Å². The zero-order valence-electron chi connectivity index (χ0n) is 6.85. The molecule has 0 aliphatic carbocycles. The SMILES string of the molecule is O=c1ccc(F)cn1CC(O)CO. The van der Waals surface area contributed by atoms with Gasteiger partial charge in [0.15, 0.2) is 0 Å². The number of hydrogen-bond donors (Lipinski definition) is 2. The summed E-state index contributed by atoms with van der Waals surface area (Å²) in [6, 6.07) is 2.11. The van der Waals surface area contributed by atoms with Crippen LogP contribution in [0.1, 0.15) is 0 Å². The van der Waals surface area contributed by atoms with Gasteiger partial charge in [-0.1, -0.05) is 0 Å². The van der Waals surface area contributed by atoms with Gasteiger partial charge in [-0.05, 0) is 6.07 Å². The van der Waals surface area contributed by atoms with Gasteiger partial charge in [-0.2, -0.15) is 0 Å². The molecule has 72 valence electrons. The highest BCUT2D eigenvalue weighted by Gasteiger charge is 2.04. The first-order chi connectivity index (χ1) is 6.13. The number of aliphatic hydroxyl groups is 2. The Bertz CT molecular complexity index is 336. The minimum atomic E-state index is -1.04. The van der Waals surface area contributed by atoms with Gasteiger partial charge in [0.05, 0.1) is 19.3 Å². The molecule has 0 saturated heterocycles. The van der Waals surface area contributed by atoms with Crippen molar-refractivity contribution in [2.24, 2.45) is 0 Å². The van der Waals surface area contributed by atoms with Crippen molar-refractivity contribution in [2.45, 2.75) is 12.6 Å². The molecule has 5 heteroatoms. The van der Waals surface area contributed by atoms with Crippen LogP contribution in [-0.4, -0.2) is 27.5 Å². The number of hydrogen-bond acceptors (Lipinski definition) is 3. The predicted octanol–water partition coefficient (Wildman–Crippen LogP) is -0.659. The molecule has 0 aromatic carbocycles. The standard InChI is InChI=1S/C8H10FNO3/c9-6-1-2-8(13)10(3-6)4-7(12)5-11/h1-3,7,11-12H,4-5H2. The molecule has 1 aromatic heterocycles. The van der Waals surface area contributed by atoms with Gasteiger partial charge in [0.25, 0.3) is 5.56 Å². The van der Waals surface area contributed by atoms with E-state index >= 15 is 0 Å². The lowest BCUT2D eigenvalue weighted by atomic mass is 10.3. The number of nitrogens with zero attached hydrogens (tertiary/aromatic N) is 1. The van der Waals surface area contributed by atoms with E-state index in [2.05, 4.69) is 0 Å². The Kier molecular flexibility index (Phi) is 3.16. The smallest absolute Gasteiger partial charge is 0.250 e. The molecule has 1 rings (SSSR count). The summed E-state index contributed by atoms with van der Waals surface area (Å²) in [4.78, 5) is 11.0. The Morgan fingerprint density at radius 1 is 1.54 bits per heavy atom. The average molecular weight is 187 g/mol.